The number of hydrogen-bond donors (Lipinski definition) is 1. The number of methoxy groups -OCH3 is 1. The van der Waals surface area contributed by atoms with E-state index in [2.05, 4.69) is 0 Å². The molecule has 4 heteroatoms. The topological polar surface area (TPSA) is 35.2 Å². The van der Waals surface area contributed by atoms with Crippen molar-refractivity contribution in [1.82, 2.24) is 0 Å². The van der Waals surface area contributed by atoms with Gasteiger partial charge in [-0.15, -0.1) is 0 Å². The van der Waals surface area contributed by atoms with E-state index in [1.807, 2.05) is 19.1 Å². The summed E-state index contributed by atoms with van der Waals surface area (Å²) in [6.07, 6.45) is 0. The molecule has 0 spiro atoms. The Kier molecular flexibility index (Phi) is 4.08. The molecule has 2 rings (SSSR count). The molecule has 0 amide bonds. The molecule has 0 saturated carbocycles. The number of nitrogens with two attached hydrogens (primary N) is 1. The van der Waals surface area contributed by atoms with Gasteiger partial charge in [0, 0.05) is 16.7 Å². The zero-order chi connectivity index (χ0) is 14.0. The highest BCUT2D eigenvalue weighted by Gasteiger charge is 2.15. The summed E-state index contributed by atoms with van der Waals surface area (Å²) >= 11 is 6.06. The number of ether oxygens (including phenoxy) is 1. The van der Waals surface area contributed by atoms with E-state index in [0.29, 0.717) is 16.3 Å². The average Bonchev–Trinajstić information content (AvgIpc) is 2.41. The smallest absolute Gasteiger partial charge is 0.132 e. The van der Waals surface area contributed by atoms with Crippen molar-refractivity contribution in [3.8, 4) is 5.75 Å². The normalized spacial score (nSPS) is 12.3. The predicted molar refractivity (Wildman–Crippen MR) is 75.2 cm³/mol. The van der Waals surface area contributed by atoms with E-state index in [0.717, 1.165) is 11.1 Å². The lowest BCUT2D eigenvalue weighted by Gasteiger charge is -2.15. The maximum absolute atomic E-state index is 14.0. The molecule has 1 unspecified atom stereocenters. The van der Waals surface area contributed by atoms with Crippen molar-refractivity contribution >= 4 is 11.6 Å². The molecule has 0 aromatic heterocycles. The van der Waals surface area contributed by atoms with Crippen LogP contribution in [0.1, 0.15) is 22.7 Å². The minimum atomic E-state index is -0.552. The highest BCUT2D eigenvalue weighted by Crippen LogP contribution is 2.27. The lowest BCUT2D eigenvalue weighted by molar-refractivity contribution is 0.410. The summed E-state index contributed by atoms with van der Waals surface area (Å²) in [6.45, 7) is 1.91. The molecule has 1 atom stereocenters. The van der Waals surface area contributed by atoms with E-state index in [9.17, 15) is 4.39 Å². The standard InChI is InChI=1S/C15H15ClFNO/c1-9-3-4-10(7-13(9)16)15(18)12-6-5-11(19-2)8-14(12)17/h3-8,15H,18H2,1-2H3. The molecule has 2 aromatic carbocycles. The van der Waals surface area contributed by atoms with Crippen LogP contribution in [0.4, 0.5) is 4.39 Å². The number of halogens is 2. The summed E-state index contributed by atoms with van der Waals surface area (Å²) in [6, 6.07) is 9.59. The Labute approximate surface area is 117 Å². The summed E-state index contributed by atoms with van der Waals surface area (Å²) < 4.78 is 18.9. The maximum Gasteiger partial charge on any atom is 0.132 e. The van der Waals surface area contributed by atoms with Gasteiger partial charge in [-0.2, -0.15) is 0 Å². The minimum absolute atomic E-state index is 0.386. The SMILES string of the molecule is COc1ccc(C(N)c2ccc(C)c(Cl)c2)c(F)c1. The van der Waals surface area contributed by atoms with Gasteiger partial charge in [0.25, 0.3) is 0 Å². The largest absolute Gasteiger partial charge is 0.497 e. The van der Waals surface area contributed by atoms with Gasteiger partial charge in [-0.25, -0.2) is 4.39 Å². The van der Waals surface area contributed by atoms with Crippen molar-refractivity contribution in [2.24, 2.45) is 5.73 Å². The van der Waals surface area contributed by atoms with Crippen molar-refractivity contribution in [3.05, 3.63) is 63.9 Å². The minimum Gasteiger partial charge on any atom is -0.497 e. The van der Waals surface area contributed by atoms with Crippen molar-refractivity contribution in [2.45, 2.75) is 13.0 Å². The fraction of sp³-hybridized carbons (Fsp3) is 0.200. The van der Waals surface area contributed by atoms with Crippen LogP contribution >= 0.6 is 11.6 Å². The molecule has 19 heavy (non-hydrogen) atoms. The molecular weight excluding hydrogens is 265 g/mol. The van der Waals surface area contributed by atoms with Gasteiger partial charge in [0.2, 0.25) is 0 Å². The average molecular weight is 280 g/mol. The molecule has 0 saturated heterocycles. The molecule has 100 valence electrons. The quantitative estimate of drug-likeness (QED) is 0.926. The zero-order valence-corrected chi connectivity index (χ0v) is 11.5. The van der Waals surface area contributed by atoms with Crippen molar-refractivity contribution < 1.29 is 9.13 Å². The van der Waals surface area contributed by atoms with Crippen molar-refractivity contribution in [3.63, 3.8) is 0 Å². The molecule has 0 aliphatic carbocycles. The summed E-state index contributed by atoms with van der Waals surface area (Å²) in [5.74, 6) is 0.0823. The van der Waals surface area contributed by atoms with Crippen molar-refractivity contribution in [1.29, 1.82) is 0 Å². The van der Waals surface area contributed by atoms with Gasteiger partial charge in [-0.05, 0) is 30.2 Å². The third-order valence-electron chi connectivity index (χ3n) is 3.10. The van der Waals surface area contributed by atoms with E-state index in [4.69, 9.17) is 22.1 Å². The van der Waals surface area contributed by atoms with Crippen LogP contribution in [-0.4, -0.2) is 7.11 Å². The third kappa shape index (κ3) is 2.88. The lowest BCUT2D eigenvalue weighted by atomic mass is 9.98. The Bertz CT molecular complexity index is 601. The van der Waals surface area contributed by atoms with Crippen LogP contribution < -0.4 is 10.5 Å². The number of aryl methyl sites for hydroxylation is 1. The summed E-state index contributed by atoms with van der Waals surface area (Å²) in [5.41, 5.74) is 8.25. The Morgan fingerprint density at radius 1 is 1.21 bits per heavy atom. The van der Waals surface area contributed by atoms with Crippen LogP contribution in [0.25, 0.3) is 0 Å². The Morgan fingerprint density at radius 2 is 1.95 bits per heavy atom. The van der Waals surface area contributed by atoms with Crippen LogP contribution in [-0.2, 0) is 0 Å². The number of benzene rings is 2. The number of rotatable bonds is 3. The molecule has 2 aromatic rings. The van der Waals surface area contributed by atoms with Crippen LogP contribution in [0.2, 0.25) is 5.02 Å². The fourth-order valence-electron chi connectivity index (χ4n) is 1.87. The van der Waals surface area contributed by atoms with Gasteiger partial charge in [0.15, 0.2) is 0 Å². The van der Waals surface area contributed by atoms with E-state index >= 15 is 0 Å². The van der Waals surface area contributed by atoms with E-state index < -0.39 is 6.04 Å². The molecule has 2 nitrogen and oxygen atoms in total. The van der Waals surface area contributed by atoms with Gasteiger partial charge in [0.05, 0.1) is 13.2 Å². The molecule has 0 fully saturated rings. The molecule has 0 aliphatic rings. The first kappa shape index (κ1) is 13.8. The van der Waals surface area contributed by atoms with Gasteiger partial charge < -0.3 is 10.5 Å². The van der Waals surface area contributed by atoms with Crippen LogP contribution in [0.15, 0.2) is 36.4 Å². The maximum atomic E-state index is 14.0. The Hall–Kier alpha value is -1.58. The van der Waals surface area contributed by atoms with E-state index in [1.165, 1.54) is 13.2 Å². The predicted octanol–water partition coefficient (Wildman–Crippen LogP) is 3.84. The summed E-state index contributed by atoms with van der Waals surface area (Å²) in [7, 11) is 1.49. The van der Waals surface area contributed by atoms with Crippen molar-refractivity contribution in [2.75, 3.05) is 7.11 Å². The van der Waals surface area contributed by atoms with Gasteiger partial charge in [-0.1, -0.05) is 29.8 Å². The Morgan fingerprint density at radius 3 is 2.53 bits per heavy atom. The summed E-state index contributed by atoms with van der Waals surface area (Å²) in [4.78, 5) is 0. The molecule has 0 bridgehead atoms. The van der Waals surface area contributed by atoms with Gasteiger partial charge in [0.1, 0.15) is 11.6 Å². The number of hydrogen-bond acceptors (Lipinski definition) is 2. The van der Waals surface area contributed by atoms with Crippen LogP contribution in [0, 0.1) is 12.7 Å². The molecule has 0 aliphatic heterocycles. The van der Waals surface area contributed by atoms with Gasteiger partial charge in [-0.3, -0.25) is 0 Å². The zero-order valence-electron chi connectivity index (χ0n) is 10.8. The monoisotopic (exact) mass is 279 g/mol. The second-order valence-corrected chi connectivity index (χ2v) is 4.78. The van der Waals surface area contributed by atoms with Crippen LogP contribution in [0.3, 0.4) is 0 Å². The van der Waals surface area contributed by atoms with Crippen LogP contribution in [0.5, 0.6) is 5.75 Å². The summed E-state index contributed by atoms with van der Waals surface area (Å²) in [5, 5.41) is 0.627. The lowest BCUT2D eigenvalue weighted by Crippen LogP contribution is -2.13. The second kappa shape index (κ2) is 5.59. The molecule has 0 radical (unpaired) electrons. The highest BCUT2D eigenvalue weighted by molar-refractivity contribution is 6.31. The first-order valence-corrected chi connectivity index (χ1v) is 6.26. The first-order valence-electron chi connectivity index (χ1n) is 5.88. The molecule has 0 heterocycles. The second-order valence-electron chi connectivity index (χ2n) is 4.37. The third-order valence-corrected chi connectivity index (χ3v) is 3.50. The Balaban J connectivity index is 2.38. The van der Waals surface area contributed by atoms with Gasteiger partial charge >= 0.3 is 0 Å². The highest BCUT2D eigenvalue weighted by atomic mass is 35.5. The fourth-order valence-corrected chi connectivity index (χ4v) is 2.06. The first-order chi connectivity index (χ1) is 9.02. The molecular formula is C15H15ClFNO. The molecule has 2 N–H and O–H groups in total. The van der Waals surface area contributed by atoms with E-state index in [-0.39, 0.29) is 5.82 Å². The van der Waals surface area contributed by atoms with E-state index in [1.54, 1.807) is 18.2 Å².